The Morgan fingerprint density at radius 1 is 0.648 bits per heavy atom. The van der Waals surface area contributed by atoms with Crippen molar-refractivity contribution in [3.63, 3.8) is 0 Å². The number of hydrogen-bond donors (Lipinski definition) is 0. The minimum absolute atomic E-state index is 0.410. The molecule has 54 heavy (non-hydrogen) atoms. The second-order valence-corrected chi connectivity index (χ2v) is 16.0. The summed E-state index contributed by atoms with van der Waals surface area (Å²) in [4.78, 5) is 20.8. The fraction of sp³-hybridized carbons (Fsp3) is 0.500. The highest BCUT2D eigenvalue weighted by Gasteiger charge is 2.30. The molecule has 0 amide bonds. The molecule has 12 heteroatoms. The average Bonchev–Trinajstić information content (AvgIpc) is 3.80. The van der Waals surface area contributed by atoms with Gasteiger partial charge in [-0.15, -0.1) is 0 Å². The van der Waals surface area contributed by atoms with Crippen LogP contribution < -0.4 is 14.2 Å². The number of likely N-dealkylation sites (N-methyl/N-ethyl adjacent to an activating group) is 3. The number of fused-ring (bicyclic) bond motifs is 9. The van der Waals surface area contributed by atoms with Crippen LogP contribution in [0.4, 0.5) is 0 Å². The lowest BCUT2D eigenvalue weighted by Crippen LogP contribution is -2.35. The summed E-state index contributed by atoms with van der Waals surface area (Å²) in [5, 5.41) is 3.72. The van der Waals surface area contributed by atoms with Gasteiger partial charge in [-0.25, -0.2) is 4.98 Å². The zero-order valence-electron chi connectivity index (χ0n) is 32.2. The third-order valence-corrected chi connectivity index (χ3v) is 11.7. The molecule has 0 saturated carbocycles. The summed E-state index contributed by atoms with van der Waals surface area (Å²) in [5.41, 5.74) is 7.34. The lowest BCUT2D eigenvalue weighted by molar-refractivity contribution is 0.155. The Kier molecular flexibility index (Phi) is 9.67. The fourth-order valence-corrected chi connectivity index (χ4v) is 9.14. The molecule has 284 valence electrons. The Balaban J connectivity index is 0.838. The van der Waals surface area contributed by atoms with Crippen LogP contribution in [0.15, 0.2) is 55.2 Å². The average molecular weight is 732 g/mol. The molecule has 6 aromatic rings. The predicted octanol–water partition coefficient (Wildman–Crippen LogP) is 4.99. The number of hydrogen-bond acceptors (Lipinski definition) is 9. The van der Waals surface area contributed by atoms with Crippen molar-refractivity contribution in [1.82, 2.24) is 43.4 Å². The number of ether oxygens (including phenoxy) is 3. The molecule has 0 fully saturated rings. The number of nitrogens with zero attached hydrogens (tertiary/aromatic N) is 9. The van der Waals surface area contributed by atoms with Gasteiger partial charge in [0, 0.05) is 122 Å². The first-order chi connectivity index (χ1) is 26.4. The highest BCUT2D eigenvalue weighted by atomic mass is 16.5. The van der Waals surface area contributed by atoms with E-state index in [1.54, 1.807) is 0 Å². The first kappa shape index (κ1) is 35.1. The largest absolute Gasteiger partial charge is 0.479 e. The molecule has 0 aromatic carbocycles. The summed E-state index contributed by atoms with van der Waals surface area (Å²) in [7, 11) is 8.68. The highest BCUT2D eigenvalue weighted by molar-refractivity contribution is 5.87. The van der Waals surface area contributed by atoms with Gasteiger partial charge in [0.2, 0.25) is 0 Å². The van der Waals surface area contributed by atoms with Crippen molar-refractivity contribution in [3.8, 4) is 17.6 Å². The van der Waals surface area contributed by atoms with Crippen molar-refractivity contribution >= 4 is 32.8 Å². The molecule has 6 aromatic heterocycles. The molecular formula is C42H53N9O3. The van der Waals surface area contributed by atoms with Crippen LogP contribution in [-0.4, -0.2) is 124 Å². The van der Waals surface area contributed by atoms with Crippen molar-refractivity contribution in [1.29, 1.82) is 0 Å². The van der Waals surface area contributed by atoms with E-state index in [1.807, 2.05) is 37.1 Å². The second-order valence-electron chi connectivity index (χ2n) is 16.0. The quantitative estimate of drug-likeness (QED) is 0.163. The van der Waals surface area contributed by atoms with Gasteiger partial charge in [-0.3, -0.25) is 14.5 Å². The summed E-state index contributed by atoms with van der Waals surface area (Å²) in [6.07, 6.45) is 13.8. The van der Waals surface area contributed by atoms with E-state index < -0.39 is 0 Å². The predicted molar refractivity (Wildman–Crippen MR) is 212 cm³/mol. The van der Waals surface area contributed by atoms with E-state index in [-0.39, 0.29) is 0 Å². The zero-order chi connectivity index (χ0) is 36.8. The molecule has 12 nitrogen and oxygen atoms in total. The van der Waals surface area contributed by atoms with E-state index in [9.17, 15) is 0 Å². The van der Waals surface area contributed by atoms with Crippen LogP contribution in [0.25, 0.3) is 32.8 Å². The molecule has 0 aliphatic carbocycles. The first-order valence-electron chi connectivity index (χ1n) is 19.7. The normalized spacial score (nSPS) is 18.3. The molecule has 2 unspecified atom stereocenters. The Morgan fingerprint density at radius 3 is 2.06 bits per heavy atom. The molecule has 3 aliphatic heterocycles. The van der Waals surface area contributed by atoms with Gasteiger partial charge in [-0.2, -0.15) is 0 Å². The molecule has 0 bridgehead atoms. The standard InChI is InChI=1S/C42H53N9O3/c1-46(2)14-17-51-39-32(7-5-11-45-39)35-22-30(28-54-42(35)51)26-48(4)16-19-50-38-24-44-12-9-31(38)34-21-29(27-53-41(34)50)25-47(3)15-18-49-37-10-13-43-23-36(37)33-8-6-20-52-40(33)49/h5,7,9-13,23-24,29-30H,6,8,14-22,25-28H2,1-4H3. The van der Waals surface area contributed by atoms with Gasteiger partial charge in [-0.05, 0) is 78.1 Å². The van der Waals surface area contributed by atoms with Crippen molar-refractivity contribution in [3.05, 3.63) is 71.9 Å². The van der Waals surface area contributed by atoms with E-state index in [0.29, 0.717) is 18.4 Å². The summed E-state index contributed by atoms with van der Waals surface area (Å²) in [6.45, 7) is 9.54. The SMILES string of the molecule is CN(C)CCn1c2c(c3cccnc31)CC(CN(C)CCn1c3c(c4ccncc41)CC(CN(C)CCn1c4c(c5cnccc51)CCCO4)CO3)CO2. The molecule has 0 radical (unpaired) electrons. The van der Waals surface area contributed by atoms with Crippen LogP contribution in [0, 0.1) is 11.8 Å². The van der Waals surface area contributed by atoms with Gasteiger partial charge in [0.05, 0.1) is 37.1 Å². The summed E-state index contributed by atoms with van der Waals surface area (Å²) in [5.74, 6) is 3.88. The maximum Gasteiger partial charge on any atom is 0.199 e. The lowest BCUT2D eigenvalue weighted by atomic mass is 9.97. The molecule has 0 N–H and O–H groups in total. The van der Waals surface area contributed by atoms with Crippen molar-refractivity contribution < 1.29 is 14.2 Å². The van der Waals surface area contributed by atoms with E-state index in [0.717, 1.165) is 120 Å². The second kappa shape index (κ2) is 14.9. The van der Waals surface area contributed by atoms with Gasteiger partial charge < -0.3 is 38.0 Å². The van der Waals surface area contributed by atoms with E-state index in [2.05, 4.69) is 84.8 Å². The minimum Gasteiger partial charge on any atom is -0.479 e. The van der Waals surface area contributed by atoms with Crippen LogP contribution in [0.1, 0.15) is 23.1 Å². The molecule has 0 saturated heterocycles. The summed E-state index contributed by atoms with van der Waals surface area (Å²) >= 11 is 0. The summed E-state index contributed by atoms with van der Waals surface area (Å²) < 4.78 is 26.4. The zero-order valence-corrected chi connectivity index (χ0v) is 32.2. The Labute approximate surface area is 317 Å². The number of aryl methyl sites for hydroxylation is 1. The maximum atomic E-state index is 6.66. The van der Waals surface area contributed by atoms with E-state index in [4.69, 9.17) is 19.2 Å². The fourth-order valence-electron chi connectivity index (χ4n) is 9.14. The number of aromatic nitrogens is 6. The first-order valence-corrected chi connectivity index (χ1v) is 19.7. The molecule has 0 spiro atoms. The maximum absolute atomic E-state index is 6.66. The van der Waals surface area contributed by atoms with Gasteiger partial charge >= 0.3 is 0 Å². The van der Waals surface area contributed by atoms with Gasteiger partial charge in [0.1, 0.15) is 5.65 Å². The number of pyridine rings is 3. The minimum atomic E-state index is 0.410. The van der Waals surface area contributed by atoms with Crippen molar-refractivity contribution in [2.45, 2.75) is 45.3 Å². The van der Waals surface area contributed by atoms with Crippen LogP contribution in [0.5, 0.6) is 17.6 Å². The molecule has 2 atom stereocenters. The third kappa shape index (κ3) is 6.58. The van der Waals surface area contributed by atoms with E-state index in [1.165, 1.54) is 38.4 Å². The van der Waals surface area contributed by atoms with Crippen molar-refractivity contribution in [2.75, 3.05) is 80.7 Å². The smallest absolute Gasteiger partial charge is 0.199 e. The molecule has 3 aliphatic rings. The Morgan fingerprint density at radius 2 is 1.30 bits per heavy atom. The highest BCUT2D eigenvalue weighted by Crippen LogP contribution is 2.39. The van der Waals surface area contributed by atoms with Gasteiger partial charge in [-0.1, -0.05) is 0 Å². The van der Waals surface area contributed by atoms with Crippen LogP contribution >= 0.6 is 0 Å². The van der Waals surface area contributed by atoms with Gasteiger partial charge in [0.15, 0.2) is 17.6 Å². The molecule has 9 heterocycles. The van der Waals surface area contributed by atoms with Crippen LogP contribution in [0.3, 0.4) is 0 Å². The Bertz CT molecular complexity index is 2270. The van der Waals surface area contributed by atoms with Crippen LogP contribution in [0.2, 0.25) is 0 Å². The summed E-state index contributed by atoms with van der Waals surface area (Å²) in [6, 6.07) is 8.53. The third-order valence-electron chi connectivity index (χ3n) is 11.7. The molecular weight excluding hydrogens is 679 g/mol. The topological polar surface area (TPSA) is 90.9 Å². The molecule has 9 rings (SSSR count). The number of rotatable bonds is 13. The van der Waals surface area contributed by atoms with E-state index >= 15 is 0 Å². The monoisotopic (exact) mass is 731 g/mol. The Hall–Kier alpha value is -4.65. The van der Waals surface area contributed by atoms with Crippen LogP contribution in [-0.2, 0) is 38.9 Å². The van der Waals surface area contributed by atoms with Crippen molar-refractivity contribution in [2.24, 2.45) is 11.8 Å². The van der Waals surface area contributed by atoms with Gasteiger partial charge in [0.25, 0.3) is 0 Å². The lowest BCUT2D eigenvalue weighted by Gasteiger charge is -2.30.